The first-order valence-corrected chi connectivity index (χ1v) is 7.29. The quantitative estimate of drug-likeness (QED) is 0.844. The van der Waals surface area contributed by atoms with Crippen LogP contribution in [-0.2, 0) is 13.0 Å². The molecule has 1 N–H and O–H groups in total. The van der Waals surface area contributed by atoms with Gasteiger partial charge >= 0.3 is 0 Å². The number of rotatable bonds is 5. The molecule has 0 amide bonds. The molecule has 104 valence electrons. The zero-order chi connectivity index (χ0) is 13.8. The van der Waals surface area contributed by atoms with Gasteiger partial charge in [-0.3, -0.25) is 4.98 Å². The summed E-state index contributed by atoms with van der Waals surface area (Å²) < 4.78 is 0. The van der Waals surface area contributed by atoms with E-state index in [4.69, 9.17) is 0 Å². The highest BCUT2D eigenvalue weighted by Crippen LogP contribution is 2.31. The molecule has 0 spiro atoms. The second kappa shape index (κ2) is 6.06. The van der Waals surface area contributed by atoms with Crippen molar-refractivity contribution in [2.24, 2.45) is 0 Å². The number of hydrogen-bond acceptors (Lipinski definition) is 3. The number of nitrogens with zero attached hydrogens (tertiary/aromatic N) is 2. The predicted molar refractivity (Wildman–Crippen MR) is 82.9 cm³/mol. The topological polar surface area (TPSA) is 28.2 Å². The van der Waals surface area contributed by atoms with E-state index in [9.17, 15) is 0 Å². The van der Waals surface area contributed by atoms with Crippen molar-refractivity contribution in [2.45, 2.75) is 25.9 Å². The van der Waals surface area contributed by atoms with Gasteiger partial charge < -0.3 is 10.2 Å². The number of para-hydroxylation sites is 1. The third-order valence-corrected chi connectivity index (χ3v) is 3.93. The Kier molecular flexibility index (Phi) is 3.97. The second-order valence-corrected chi connectivity index (χ2v) is 5.41. The van der Waals surface area contributed by atoms with E-state index in [0.717, 1.165) is 19.6 Å². The van der Waals surface area contributed by atoms with Crippen molar-refractivity contribution >= 4 is 5.69 Å². The monoisotopic (exact) mass is 267 g/mol. The summed E-state index contributed by atoms with van der Waals surface area (Å²) in [5.74, 6) is 0. The lowest BCUT2D eigenvalue weighted by molar-refractivity contribution is 0.617. The largest absolute Gasteiger partial charge is 0.367 e. The molecule has 1 unspecified atom stereocenters. The Morgan fingerprint density at radius 3 is 3.00 bits per heavy atom. The minimum atomic E-state index is 0.604. The van der Waals surface area contributed by atoms with Crippen LogP contribution in [0.4, 0.5) is 5.69 Å². The summed E-state index contributed by atoms with van der Waals surface area (Å²) >= 11 is 0. The second-order valence-electron chi connectivity index (χ2n) is 5.41. The fourth-order valence-electron chi connectivity index (χ4n) is 2.91. The molecular weight excluding hydrogens is 246 g/mol. The highest BCUT2D eigenvalue weighted by atomic mass is 15.2. The van der Waals surface area contributed by atoms with Crippen molar-refractivity contribution in [2.75, 3.05) is 18.0 Å². The summed E-state index contributed by atoms with van der Waals surface area (Å²) in [6, 6.07) is 13.4. The molecule has 20 heavy (non-hydrogen) atoms. The SMILES string of the molecule is CC1Cc2ccccc2N1CCNCc1cccnc1. The number of hydrogen-bond donors (Lipinski definition) is 1. The predicted octanol–water partition coefficient (Wildman–Crippen LogP) is 2.62. The maximum Gasteiger partial charge on any atom is 0.0402 e. The minimum absolute atomic E-state index is 0.604. The molecule has 3 nitrogen and oxygen atoms in total. The average molecular weight is 267 g/mol. The van der Waals surface area contributed by atoms with E-state index < -0.39 is 0 Å². The number of anilines is 1. The summed E-state index contributed by atoms with van der Waals surface area (Å²) in [5, 5.41) is 3.50. The van der Waals surface area contributed by atoms with Gasteiger partial charge in [0.2, 0.25) is 0 Å². The number of nitrogens with one attached hydrogen (secondary N) is 1. The molecule has 0 bridgehead atoms. The highest BCUT2D eigenvalue weighted by Gasteiger charge is 2.24. The van der Waals surface area contributed by atoms with Crippen LogP contribution in [0, 0.1) is 0 Å². The number of benzene rings is 1. The maximum absolute atomic E-state index is 4.13. The molecule has 1 atom stereocenters. The average Bonchev–Trinajstić information content (AvgIpc) is 2.80. The fourth-order valence-corrected chi connectivity index (χ4v) is 2.91. The van der Waals surface area contributed by atoms with Gasteiger partial charge in [-0.2, -0.15) is 0 Å². The molecule has 0 fully saturated rings. The first-order valence-electron chi connectivity index (χ1n) is 7.29. The summed E-state index contributed by atoms with van der Waals surface area (Å²) in [6.45, 7) is 5.24. The van der Waals surface area contributed by atoms with Gasteiger partial charge in [0.05, 0.1) is 0 Å². The Morgan fingerprint density at radius 1 is 1.25 bits per heavy atom. The first-order chi connectivity index (χ1) is 9.84. The van der Waals surface area contributed by atoms with Crippen LogP contribution in [0.3, 0.4) is 0 Å². The van der Waals surface area contributed by atoms with Gasteiger partial charge in [0.25, 0.3) is 0 Å². The van der Waals surface area contributed by atoms with Crippen LogP contribution in [0.2, 0.25) is 0 Å². The number of pyridine rings is 1. The van der Waals surface area contributed by atoms with Crippen LogP contribution < -0.4 is 10.2 Å². The van der Waals surface area contributed by atoms with Gasteiger partial charge in [-0.15, -0.1) is 0 Å². The number of fused-ring (bicyclic) bond motifs is 1. The molecule has 1 aromatic heterocycles. The van der Waals surface area contributed by atoms with E-state index in [1.54, 1.807) is 0 Å². The van der Waals surface area contributed by atoms with Crippen LogP contribution in [0.15, 0.2) is 48.8 Å². The third kappa shape index (κ3) is 2.83. The van der Waals surface area contributed by atoms with Gasteiger partial charge in [-0.25, -0.2) is 0 Å². The Bertz CT molecular complexity index is 553. The van der Waals surface area contributed by atoms with Crippen molar-refractivity contribution in [1.82, 2.24) is 10.3 Å². The van der Waals surface area contributed by atoms with Gasteiger partial charge in [0.15, 0.2) is 0 Å². The Labute approximate surface area is 120 Å². The van der Waals surface area contributed by atoms with Crippen molar-refractivity contribution in [1.29, 1.82) is 0 Å². The summed E-state index contributed by atoms with van der Waals surface area (Å²) in [4.78, 5) is 6.64. The number of aromatic nitrogens is 1. The van der Waals surface area contributed by atoms with Crippen LogP contribution >= 0.6 is 0 Å². The van der Waals surface area contributed by atoms with Crippen molar-refractivity contribution in [3.63, 3.8) is 0 Å². The molecule has 3 heteroatoms. The van der Waals surface area contributed by atoms with Gasteiger partial charge in [0.1, 0.15) is 0 Å². The molecule has 0 radical (unpaired) electrons. The molecule has 0 aliphatic carbocycles. The van der Waals surface area contributed by atoms with Crippen molar-refractivity contribution < 1.29 is 0 Å². The standard InChI is InChI=1S/C17H21N3/c1-14-11-16-6-2-3-7-17(16)20(14)10-9-19-13-15-5-4-8-18-12-15/h2-8,12,14,19H,9-11,13H2,1H3. The zero-order valence-electron chi connectivity index (χ0n) is 11.9. The van der Waals surface area contributed by atoms with Crippen molar-refractivity contribution in [3.05, 3.63) is 59.9 Å². The maximum atomic E-state index is 4.13. The molecule has 1 aliphatic heterocycles. The summed E-state index contributed by atoms with van der Waals surface area (Å²) in [7, 11) is 0. The van der Waals surface area contributed by atoms with Crippen LogP contribution in [0.1, 0.15) is 18.1 Å². The molecule has 0 saturated heterocycles. The lowest BCUT2D eigenvalue weighted by Gasteiger charge is -2.25. The Balaban J connectivity index is 1.52. The molecule has 2 heterocycles. The lowest BCUT2D eigenvalue weighted by atomic mass is 10.1. The molecule has 1 aliphatic rings. The van der Waals surface area contributed by atoms with E-state index in [1.165, 1.54) is 23.2 Å². The van der Waals surface area contributed by atoms with E-state index >= 15 is 0 Å². The van der Waals surface area contributed by atoms with E-state index in [0.29, 0.717) is 6.04 Å². The first kappa shape index (κ1) is 13.1. The molecule has 3 rings (SSSR count). The molecular formula is C17H21N3. The minimum Gasteiger partial charge on any atom is -0.367 e. The van der Waals surface area contributed by atoms with Crippen LogP contribution in [-0.4, -0.2) is 24.1 Å². The van der Waals surface area contributed by atoms with E-state index in [1.807, 2.05) is 18.5 Å². The van der Waals surface area contributed by atoms with E-state index in [-0.39, 0.29) is 0 Å². The van der Waals surface area contributed by atoms with Crippen LogP contribution in [0.5, 0.6) is 0 Å². The lowest BCUT2D eigenvalue weighted by Crippen LogP contribution is -2.35. The third-order valence-electron chi connectivity index (χ3n) is 3.93. The van der Waals surface area contributed by atoms with E-state index in [2.05, 4.69) is 52.5 Å². The zero-order valence-corrected chi connectivity index (χ0v) is 11.9. The Hall–Kier alpha value is -1.87. The van der Waals surface area contributed by atoms with Crippen LogP contribution in [0.25, 0.3) is 0 Å². The molecule has 2 aromatic rings. The Morgan fingerprint density at radius 2 is 2.15 bits per heavy atom. The molecule has 0 saturated carbocycles. The smallest absolute Gasteiger partial charge is 0.0402 e. The van der Waals surface area contributed by atoms with Crippen molar-refractivity contribution in [3.8, 4) is 0 Å². The van der Waals surface area contributed by atoms with Gasteiger partial charge in [-0.05, 0) is 36.6 Å². The fraction of sp³-hybridized carbons (Fsp3) is 0.353. The molecule has 1 aromatic carbocycles. The van der Waals surface area contributed by atoms with Gasteiger partial charge in [-0.1, -0.05) is 24.3 Å². The summed E-state index contributed by atoms with van der Waals surface area (Å²) in [6.07, 6.45) is 4.89. The van der Waals surface area contributed by atoms with Gasteiger partial charge in [0, 0.05) is 43.8 Å². The highest BCUT2D eigenvalue weighted by molar-refractivity contribution is 5.59. The summed E-state index contributed by atoms with van der Waals surface area (Å²) in [5.41, 5.74) is 4.12. The normalized spacial score (nSPS) is 17.2.